The van der Waals surface area contributed by atoms with E-state index in [4.69, 9.17) is 4.42 Å². The first-order valence-electron chi connectivity index (χ1n) is 5.04. The van der Waals surface area contributed by atoms with E-state index < -0.39 is 0 Å². The fourth-order valence-corrected chi connectivity index (χ4v) is 2.09. The van der Waals surface area contributed by atoms with Crippen LogP contribution in [0.1, 0.15) is 25.8 Å². The zero-order valence-electron chi connectivity index (χ0n) is 8.86. The normalized spacial score (nSPS) is 12.9. The summed E-state index contributed by atoms with van der Waals surface area (Å²) >= 11 is 1.66. The van der Waals surface area contributed by atoms with Crippen molar-refractivity contribution in [3.8, 4) is 10.6 Å². The van der Waals surface area contributed by atoms with E-state index in [1.807, 2.05) is 24.4 Å². The lowest BCUT2D eigenvalue weighted by molar-refractivity contribution is 0.429. The van der Waals surface area contributed by atoms with Gasteiger partial charge in [-0.25, -0.2) is 4.98 Å². The number of hydrogen-bond donors (Lipinski definition) is 1. The molecule has 1 N–H and O–H groups in total. The van der Waals surface area contributed by atoms with E-state index in [0.29, 0.717) is 0 Å². The van der Waals surface area contributed by atoms with Crippen molar-refractivity contribution in [1.82, 2.24) is 10.3 Å². The molecule has 0 saturated carbocycles. The summed E-state index contributed by atoms with van der Waals surface area (Å²) < 4.78 is 5.68. The molecule has 2 aromatic heterocycles. The molecule has 0 aliphatic rings. The van der Waals surface area contributed by atoms with E-state index in [9.17, 15) is 0 Å². The third-order valence-electron chi connectivity index (χ3n) is 2.17. The molecule has 0 fully saturated rings. The van der Waals surface area contributed by atoms with Crippen LogP contribution >= 0.6 is 11.3 Å². The summed E-state index contributed by atoms with van der Waals surface area (Å²) in [5.41, 5.74) is 0. The fraction of sp³-hybridized carbons (Fsp3) is 0.364. The highest BCUT2D eigenvalue weighted by atomic mass is 32.1. The van der Waals surface area contributed by atoms with Crippen LogP contribution < -0.4 is 5.32 Å². The van der Waals surface area contributed by atoms with Crippen molar-refractivity contribution >= 4 is 11.3 Å². The second kappa shape index (κ2) is 4.59. The molecule has 0 aliphatic heterocycles. The van der Waals surface area contributed by atoms with Crippen LogP contribution in [0.25, 0.3) is 10.6 Å². The SMILES string of the molecule is CCNC(C)c1ncc(-c2cccs2)o1. The summed E-state index contributed by atoms with van der Waals surface area (Å²) in [6.45, 7) is 5.03. The van der Waals surface area contributed by atoms with E-state index in [-0.39, 0.29) is 6.04 Å². The molecule has 0 aliphatic carbocycles. The van der Waals surface area contributed by atoms with Crippen molar-refractivity contribution in [1.29, 1.82) is 0 Å². The molecule has 4 heteroatoms. The molecule has 3 nitrogen and oxygen atoms in total. The monoisotopic (exact) mass is 222 g/mol. The molecule has 0 amide bonds. The van der Waals surface area contributed by atoms with E-state index in [1.165, 1.54) is 0 Å². The highest BCUT2D eigenvalue weighted by Gasteiger charge is 2.12. The van der Waals surface area contributed by atoms with Gasteiger partial charge in [0.2, 0.25) is 5.89 Å². The minimum absolute atomic E-state index is 0.170. The summed E-state index contributed by atoms with van der Waals surface area (Å²) in [4.78, 5) is 5.39. The molecular weight excluding hydrogens is 208 g/mol. The van der Waals surface area contributed by atoms with Crippen molar-refractivity contribution in [2.45, 2.75) is 19.9 Å². The van der Waals surface area contributed by atoms with Crippen LogP contribution in [-0.4, -0.2) is 11.5 Å². The lowest BCUT2D eigenvalue weighted by Crippen LogP contribution is -2.17. The Hall–Kier alpha value is -1.13. The van der Waals surface area contributed by atoms with Crippen LogP contribution in [0.5, 0.6) is 0 Å². The van der Waals surface area contributed by atoms with Crippen LogP contribution in [0.2, 0.25) is 0 Å². The molecule has 1 unspecified atom stereocenters. The average Bonchev–Trinajstić information content (AvgIpc) is 2.89. The maximum Gasteiger partial charge on any atom is 0.211 e. The summed E-state index contributed by atoms with van der Waals surface area (Å²) in [5, 5.41) is 5.30. The van der Waals surface area contributed by atoms with Crippen LogP contribution in [0, 0.1) is 0 Å². The molecule has 1 atom stereocenters. The standard InChI is InChI=1S/C11H14N2OS/c1-3-12-8(2)11-13-7-9(14-11)10-5-4-6-15-10/h4-8,12H,3H2,1-2H3. The number of thiophene rings is 1. The highest BCUT2D eigenvalue weighted by Crippen LogP contribution is 2.26. The second-order valence-electron chi connectivity index (χ2n) is 3.32. The van der Waals surface area contributed by atoms with E-state index in [1.54, 1.807) is 17.5 Å². The van der Waals surface area contributed by atoms with Gasteiger partial charge in [0.1, 0.15) is 0 Å². The lowest BCUT2D eigenvalue weighted by atomic mass is 10.3. The first kappa shape index (κ1) is 10.4. The van der Waals surface area contributed by atoms with Crippen LogP contribution in [-0.2, 0) is 0 Å². The van der Waals surface area contributed by atoms with Crippen molar-refractivity contribution in [3.63, 3.8) is 0 Å². The smallest absolute Gasteiger partial charge is 0.211 e. The van der Waals surface area contributed by atoms with Crippen LogP contribution in [0.15, 0.2) is 28.1 Å². The van der Waals surface area contributed by atoms with E-state index >= 15 is 0 Å². The predicted molar refractivity (Wildman–Crippen MR) is 61.9 cm³/mol. The van der Waals surface area contributed by atoms with Gasteiger partial charge < -0.3 is 9.73 Å². The number of nitrogens with one attached hydrogen (secondary N) is 1. The van der Waals surface area contributed by atoms with Gasteiger partial charge >= 0.3 is 0 Å². The number of aromatic nitrogens is 1. The van der Waals surface area contributed by atoms with Crippen LogP contribution in [0.4, 0.5) is 0 Å². The quantitative estimate of drug-likeness (QED) is 0.864. The third-order valence-corrected chi connectivity index (χ3v) is 3.05. The van der Waals surface area contributed by atoms with Gasteiger partial charge in [-0.1, -0.05) is 13.0 Å². The minimum Gasteiger partial charge on any atom is -0.438 e. The maximum absolute atomic E-state index is 5.68. The summed E-state index contributed by atoms with van der Waals surface area (Å²) in [5.74, 6) is 1.60. The van der Waals surface area contributed by atoms with Gasteiger partial charge in [-0.05, 0) is 24.9 Å². The number of nitrogens with zero attached hydrogens (tertiary/aromatic N) is 1. The molecular formula is C11H14N2OS. The molecule has 2 rings (SSSR count). The molecule has 0 radical (unpaired) electrons. The Morgan fingerprint density at radius 2 is 2.47 bits per heavy atom. The van der Waals surface area contributed by atoms with Gasteiger partial charge in [-0.2, -0.15) is 0 Å². The number of oxazole rings is 1. The Bertz CT molecular complexity index is 408. The molecule has 2 heterocycles. The molecule has 0 bridgehead atoms. The van der Waals surface area contributed by atoms with Gasteiger partial charge in [0.05, 0.1) is 17.1 Å². The van der Waals surface area contributed by atoms with Crippen molar-refractivity contribution < 1.29 is 4.42 Å². The third kappa shape index (κ3) is 2.27. The van der Waals surface area contributed by atoms with Crippen LogP contribution in [0.3, 0.4) is 0 Å². The van der Waals surface area contributed by atoms with E-state index in [0.717, 1.165) is 23.1 Å². The fourth-order valence-electron chi connectivity index (χ4n) is 1.41. The van der Waals surface area contributed by atoms with E-state index in [2.05, 4.69) is 17.2 Å². The summed E-state index contributed by atoms with van der Waals surface area (Å²) in [7, 11) is 0. The van der Waals surface area contributed by atoms with Gasteiger partial charge in [0.25, 0.3) is 0 Å². The Balaban J connectivity index is 2.17. The zero-order chi connectivity index (χ0) is 10.7. The molecule has 0 saturated heterocycles. The summed E-state index contributed by atoms with van der Waals surface area (Å²) in [6.07, 6.45) is 1.79. The van der Waals surface area contributed by atoms with Crippen molar-refractivity contribution in [2.75, 3.05) is 6.54 Å². The average molecular weight is 222 g/mol. The predicted octanol–water partition coefficient (Wildman–Crippen LogP) is 3.07. The largest absolute Gasteiger partial charge is 0.438 e. The first-order chi connectivity index (χ1) is 7.31. The Morgan fingerprint density at radius 3 is 3.13 bits per heavy atom. The molecule has 2 aromatic rings. The maximum atomic E-state index is 5.68. The van der Waals surface area contributed by atoms with Crippen molar-refractivity contribution in [3.05, 3.63) is 29.6 Å². The van der Waals surface area contributed by atoms with Gasteiger partial charge in [-0.15, -0.1) is 11.3 Å². The Kier molecular flexibility index (Phi) is 3.18. The Labute approximate surface area is 93.2 Å². The lowest BCUT2D eigenvalue weighted by Gasteiger charge is -2.06. The molecule has 0 spiro atoms. The van der Waals surface area contributed by atoms with Gasteiger partial charge in [-0.3, -0.25) is 0 Å². The highest BCUT2D eigenvalue weighted by molar-refractivity contribution is 7.13. The minimum atomic E-state index is 0.170. The zero-order valence-corrected chi connectivity index (χ0v) is 9.67. The van der Waals surface area contributed by atoms with Gasteiger partial charge in [0.15, 0.2) is 5.76 Å². The number of hydrogen-bond acceptors (Lipinski definition) is 4. The summed E-state index contributed by atoms with van der Waals surface area (Å²) in [6, 6.07) is 4.21. The topological polar surface area (TPSA) is 38.1 Å². The molecule has 15 heavy (non-hydrogen) atoms. The molecule has 0 aromatic carbocycles. The molecule has 80 valence electrons. The Morgan fingerprint density at radius 1 is 1.60 bits per heavy atom. The van der Waals surface area contributed by atoms with Crippen molar-refractivity contribution in [2.24, 2.45) is 0 Å². The second-order valence-corrected chi connectivity index (χ2v) is 4.27. The van der Waals surface area contributed by atoms with Gasteiger partial charge in [0, 0.05) is 0 Å². The number of rotatable bonds is 4. The first-order valence-corrected chi connectivity index (χ1v) is 5.92.